The Balaban J connectivity index is 1.65. The molecule has 0 bridgehead atoms. The van der Waals surface area contributed by atoms with E-state index in [9.17, 15) is 14.9 Å². The zero-order chi connectivity index (χ0) is 21.0. The highest BCUT2D eigenvalue weighted by Crippen LogP contribution is 2.24. The Hall–Kier alpha value is -3.68. The quantitative estimate of drug-likeness (QED) is 0.501. The van der Waals surface area contributed by atoms with Gasteiger partial charge in [0.15, 0.2) is 0 Å². The number of carbonyl (C=O) groups excluding carboxylic acids is 1. The fourth-order valence-electron chi connectivity index (χ4n) is 3.02. The molecule has 0 fully saturated rings. The average Bonchev–Trinajstić information content (AvgIpc) is 3.27. The third-order valence-electron chi connectivity index (χ3n) is 5.00. The standard InChI is InChI=1S/C21H23N5O3/c1-15(17-7-9-19(10-8-17)25-12-11-22-14-25)23-21(27)24(3)16(2)18-5-4-6-20(13-18)26(28)29/h4-16H,1-3H3,(H,23,27)/t15-,16+/m0/s1. The van der Waals surface area contributed by atoms with E-state index < -0.39 is 4.92 Å². The van der Waals surface area contributed by atoms with Crippen molar-refractivity contribution in [2.24, 2.45) is 0 Å². The summed E-state index contributed by atoms with van der Waals surface area (Å²) in [6.45, 7) is 3.75. The average molecular weight is 393 g/mol. The Kier molecular flexibility index (Phi) is 5.92. The van der Waals surface area contributed by atoms with Gasteiger partial charge >= 0.3 is 6.03 Å². The fourth-order valence-corrected chi connectivity index (χ4v) is 3.02. The molecule has 0 aliphatic heterocycles. The van der Waals surface area contributed by atoms with Gasteiger partial charge in [0.1, 0.15) is 0 Å². The summed E-state index contributed by atoms with van der Waals surface area (Å²) in [5, 5.41) is 14.0. The summed E-state index contributed by atoms with van der Waals surface area (Å²) in [4.78, 5) is 28.8. The van der Waals surface area contributed by atoms with E-state index in [1.54, 1.807) is 31.7 Å². The number of nitrogens with zero attached hydrogens (tertiary/aromatic N) is 4. The SMILES string of the molecule is C[C@H](NC(=O)N(C)[C@H](C)c1cccc([N+](=O)[O-])c1)c1ccc(-n2ccnc2)cc1. The van der Waals surface area contributed by atoms with Crippen LogP contribution >= 0.6 is 0 Å². The van der Waals surface area contributed by atoms with Crippen LogP contribution in [0, 0.1) is 10.1 Å². The fraction of sp³-hybridized carbons (Fsp3) is 0.238. The molecule has 3 rings (SSSR count). The molecular formula is C21H23N5O3. The van der Waals surface area contributed by atoms with Crippen LogP contribution in [0.15, 0.2) is 67.3 Å². The van der Waals surface area contributed by atoms with Crippen molar-refractivity contribution in [2.75, 3.05) is 7.05 Å². The second-order valence-corrected chi connectivity index (χ2v) is 6.87. The van der Waals surface area contributed by atoms with Crippen LogP contribution in [-0.2, 0) is 0 Å². The lowest BCUT2D eigenvalue weighted by molar-refractivity contribution is -0.384. The maximum atomic E-state index is 12.7. The normalized spacial score (nSPS) is 12.8. The van der Waals surface area contributed by atoms with Gasteiger partial charge < -0.3 is 14.8 Å². The van der Waals surface area contributed by atoms with E-state index in [0.717, 1.165) is 11.3 Å². The van der Waals surface area contributed by atoms with Crippen LogP contribution in [0.3, 0.4) is 0 Å². The number of imidazole rings is 1. The van der Waals surface area contributed by atoms with Gasteiger partial charge in [-0.2, -0.15) is 0 Å². The Morgan fingerprint density at radius 2 is 1.90 bits per heavy atom. The Bertz CT molecular complexity index is 986. The molecule has 0 unspecified atom stereocenters. The predicted molar refractivity (Wildman–Crippen MR) is 110 cm³/mol. The molecule has 2 amide bonds. The number of rotatable bonds is 6. The van der Waals surface area contributed by atoms with E-state index in [-0.39, 0.29) is 23.8 Å². The van der Waals surface area contributed by atoms with E-state index in [1.165, 1.54) is 17.0 Å². The first-order valence-electron chi connectivity index (χ1n) is 9.23. The van der Waals surface area contributed by atoms with Crippen molar-refractivity contribution in [1.29, 1.82) is 0 Å². The molecule has 0 radical (unpaired) electrons. The molecule has 150 valence electrons. The van der Waals surface area contributed by atoms with Crippen molar-refractivity contribution in [1.82, 2.24) is 19.8 Å². The number of benzene rings is 2. The van der Waals surface area contributed by atoms with Crippen LogP contribution in [-0.4, -0.2) is 32.5 Å². The minimum Gasteiger partial charge on any atom is -0.331 e. The number of hydrogen-bond acceptors (Lipinski definition) is 4. The lowest BCUT2D eigenvalue weighted by Gasteiger charge is -2.27. The summed E-state index contributed by atoms with van der Waals surface area (Å²) >= 11 is 0. The summed E-state index contributed by atoms with van der Waals surface area (Å²) < 4.78 is 1.90. The van der Waals surface area contributed by atoms with Crippen molar-refractivity contribution in [3.8, 4) is 5.69 Å². The third kappa shape index (κ3) is 4.60. The number of non-ortho nitro benzene ring substituents is 1. The molecule has 2 atom stereocenters. The highest BCUT2D eigenvalue weighted by Gasteiger charge is 2.21. The molecule has 8 nitrogen and oxygen atoms in total. The number of nitro groups is 1. The van der Waals surface area contributed by atoms with E-state index >= 15 is 0 Å². The molecule has 0 saturated heterocycles. The first-order valence-corrected chi connectivity index (χ1v) is 9.23. The van der Waals surface area contributed by atoms with E-state index in [4.69, 9.17) is 0 Å². The maximum absolute atomic E-state index is 12.7. The smallest absolute Gasteiger partial charge is 0.318 e. The van der Waals surface area contributed by atoms with E-state index in [1.807, 2.05) is 48.9 Å². The highest BCUT2D eigenvalue weighted by molar-refractivity contribution is 5.75. The van der Waals surface area contributed by atoms with Crippen LogP contribution in [0.25, 0.3) is 5.69 Å². The molecule has 0 aliphatic carbocycles. The molecular weight excluding hydrogens is 370 g/mol. The van der Waals surface area contributed by atoms with Crippen molar-refractivity contribution < 1.29 is 9.72 Å². The number of amides is 2. The van der Waals surface area contributed by atoms with Crippen LogP contribution in [0.1, 0.15) is 37.1 Å². The first kappa shape index (κ1) is 20.1. The van der Waals surface area contributed by atoms with Crippen LogP contribution in [0.5, 0.6) is 0 Å². The molecule has 3 aromatic rings. The molecule has 0 spiro atoms. The first-order chi connectivity index (χ1) is 13.9. The van der Waals surface area contributed by atoms with E-state index in [2.05, 4.69) is 10.3 Å². The van der Waals surface area contributed by atoms with Gasteiger partial charge in [0.05, 0.1) is 23.3 Å². The van der Waals surface area contributed by atoms with Crippen LogP contribution in [0.4, 0.5) is 10.5 Å². The molecule has 1 aromatic heterocycles. The van der Waals surface area contributed by atoms with Gasteiger partial charge in [-0.3, -0.25) is 10.1 Å². The van der Waals surface area contributed by atoms with Gasteiger partial charge in [0.25, 0.3) is 5.69 Å². The predicted octanol–water partition coefficient (Wildman–Crippen LogP) is 4.24. The van der Waals surface area contributed by atoms with Gasteiger partial charge in [-0.1, -0.05) is 24.3 Å². The van der Waals surface area contributed by atoms with Gasteiger partial charge in [0, 0.05) is 37.3 Å². The van der Waals surface area contributed by atoms with E-state index in [0.29, 0.717) is 5.56 Å². The summed E-state index contributed by atoms with van der Waals surface area (Å²) in [7, 11) is 1.67. The summed E-state index contributed by atoms with van der Waals surface area (Å²) in [5.41, 5.74) is 2.67. The minimum atomic E-state index is -0.439. The second-order valence-electron chi connectivity index (χ2n) is 6.87. The second kappa shape index (κ2) is 8.55. The third-order valence-corrected chi connectivity index (χ3v) is 5.00. The topological polar surface area (TPSA) is 93.3 Å². The molecule has 0 aliphatic rings. The Labute approximate surface area is 168 Å². The van der Waals surface area contributed by atoms with Crippen molar-refractivity contribution in [3.05, 3.63) is 88.5 Å². The van der Waals surface area contributed by atoms with Gasteiger partial charge in [-0.25, -0.2) is 9.78 Å². The Morgan fingerprint density at radius 1 is 1.17 bits per heavy atom. The van der Waals surface area contributed by atoms with Gasteiger partial charge in [0.2, 0.25) is 0 Å². The van der Waals surface area contributed by atoms with Gasteiger partial charge in [-0.15, -0.1) is 0 Å². The number of hydrogen-bond donors (Lipinski definition) is 1. The lowest BCUT2D eigenvalue weighted by atomic mass is 10.1. The van der Waals surface area contributed by atoms with Crippen LogP contribution < -0.4 is 5.32 Å². The zero-order valence-electron chi connectivity index (χ0n) is 16.5. The number of nitrogens with one attached hydrogen (secondary N) is 1. The van der Waals surface area contributed by atoms with Crippen LogP contribution in [0.2, 0.25) is 0 Å². The number of carbonyl (C=O) groups is 1. The molecule has 0 saturated carbocycles. The number of urea groups is 1. The lowest BCUT2D eigenvalue weighted by Crippen LogP contribution is -2.39. The molecule has 8 heteroatoms. The van der Waals surface area contributed by atoms with Crippen molar-refractivity contribution in [3.63, 3.8) is 0 Å². The number of nitro benzene ring substituents is 1. The van der Waals surface area contributed by atoms with Crippen molar-refractivity contribution in [2.45, 2.75) is 25.9 Å². The molecule has 1 heterocycles. The zero-order valence-corrected chi connectivity index (χ0v) is 16.5. The maximum Gasteiger partial charge on any atom is 0.318 e. The van der Waals surface area contributed by atoms with Gasteiger partial charge in [-0.05, 0) is 37.1 Å². The number of aromatic nitrogens is 2. The Morgan fingerprint density at radius 3 is 2.52 bits per heavy atom. The monoisotopic (exact) mass is 393 g/mol. The summed E-state index contributed by atoms with van der Waals surface area (Å²) in [5.74, 6) is 0. The largest absolute Gasteiger partial charge is 0.331 e. The summed E-state index contributed by atoms with van der Waals surface area (Å²) in [6.07, 6.45) is 5.31. The summed E-state index contributed by atoms with van der Waals surface area (Å²) in [6, 6.07) is 13.4. The molecule has 29 heavy (non-hydrogen) atoms. The minimum absolute atomic E-state index is 0.00880. The molecule has 1 N–H and O–H groups in total. The molecule has 2 aromatic carbocycles. The van der Waals surface area contributed by atoms with Crippen molar-refractivity contribution >= 4 is 11.7 Å². The highest BCUT2D eigenvalue weighted by atomic mass is 16.6.